The van der Waals surface area contributed by atoms with E-state index in [1.165, 1.54) is 11.1 Å². The number of aryl methyl sites for hydroxylation is 1. The zero-order valence-corrected chi connectivity index (χ0v) is 22.9. The predicted octanol–water partition coefficient (Wildman–Crippen LogP) is 5.79. The van der Waals surface area contributed by atoms with Crippen LogP contribution in [0.1, 0.15) is 42.0 Å². The first-order valence-corrected chi connectivity index (χ1v) is 14.0. The lowest BCUT2D eigenvalue weighted by atomic mass is 10.0. The van der Waals surface area contributed by atoms with E-state index < -0.39 is 6.04 Å². The summed E-state index contributed by atoms with van der Waals surface area (Å²) in [5, 5.41) is 3.07. The molecule has 0 unspecified atom stereocenters. The third kappa shape index (κ3) is 9.29. The summed E-state index contributed by atoms with van der Waals surface area (Å²) in [6.45, 7) is 5.10. The van der Waals surface area contributed by atoms with Crippen LogP contribution in [-0.4, -0.2) is 42.2 Å². The van der Waals surface area contributed by atoms with Crippen LogP contribution in [-0.2, 0) is 28.3 Å². The fourth-order valence-corrected chi connectivity index (χ4v) is 5.03. The standard InChI is InChI=1S/C31H38N2O3S/c1-4-5-17-32-31(35)29(20-25-12-7-6-8-13-25)33(21-26-14-10-16-28(19-26)36-3)30(34)23-37-22-27-15-9-11-24(2)18-27/h6-16,18-19,29H,4-5,17,20-23H2,1-3H3,(H,32,35)/t29-/m1/s1. The summed E-state index contributed by atoms with van der Waals surface area (Å²) < 4.78 is 5.40. The SMILES string of the molecule is CCCCNC(=O)[C@@H](Cc1ccccc1)N(Cc1cccc(OC)c1)C(=O)CSCc1cccc(C)c1. The average molecular weight is 519 g/mol. The largest absolute Gasteiger partial charge is 0.497 e. The van der Waals surface area contributed by atoms with Gasteiger partial charge in [0, 0.05) is 25.3 Å². The minimum absolute atomic E-state index is 0.0490. The molecule has 0 aliphatic carbocycles. The van der Waals surface area contributed by atoms with Crippen LogP contribution in [0.5, 0.6) is 5.75 Å². The van der Waals surface area contributed by atoms with E-state index in [4.69, 9.17) is 4.74 Å². The molecule has 3 rings (SSSR count). The third-order valence-electron chi connectivity index (χ3n) is 6.16. The zero-order valence-electron chi connectivity index (χ0n) is 22.1. The lowest BCUT2D eigenvalue weighted by molar-refractivity contribution is -0.139. The molecule has 37 heavy (non-hydrogen) atoms. The molecule has 0 radical (unpaired) electrons. The van der Waals surface area contributed by atoms with Gasteiger partial charge < -0.3 is 15.0 Å². The quantitative estimate of drug-likeness (QED) is 0.274. The van der Waals surface area contributed by atoms with Gasteiger partial charge in [-0.1, -0.05) is 85.6 Å². The number of nitrogens with one attached hydrogen (secondary N) is 1. The molecule has 2 amide bonds. The number of benzene rings is 3. The molecule has 0 aromatic heterocycles. The van der Waals surface area contributed by atoms with Gasteiger partial charge in [0.1, 0.15) is 11.8 Å². The number of methoxy groups -OCH3 is 1. The Morgan fingerprint density at radius 3 is 2.41 bits per heavy atom. The molecule has 0 fully saturated rings. The van der Waals surface area contributed by atoms with Crippen molar-refractivity contribution in [2.24, 2.45) is 0 Å². The van der Waals surface area contributed by atoms with Crippen molar-refractivity contribution < 1.29 is 14.3 Å². The fraction of sp³-hybridized carbons (Fsp3) is 0.355. The number of carbonyl (C=O) groups excluding carboxylic acids is 2. The Morgan fingerprint density at radius 2 is 1.68 bits per heavy atom. The normalized spacial score (nSPS) is 11.5. The van der Waals surface area contributed by atoms with E-state index in [2.05, 4.69) is 37.4 Å². The molecule has 1 N–H and O–H groups in total. The average Bonchev–Trinajstić information content (AvgIpc) is 2.91. The monoisotopic (exact) mass is 518 g/mol. The first kappa shape index (κ1) is 28.3. The van der Waals surface area contributed by atoms with Crippen LogP contribution < -0.4 is 10.1 Å². The Balaban J connectivity index is 1.84. The molecule has 0 saturated carbocycles. The lowest BCUT2D eigenvalue weighted by Gasteiger charge is -2.31. The van der Waals surface area contributed by atoms with Crippen molar-refractivity contribution in [2.45, 2.75) is 51.4 Å². The van der Waals surface area contributed by atoms with Gasteiger partial charge in [-0.05, 0) is 42.2 Å². The van der Waals surface area contributed by atoms with Crippen molar-refractivity contribution in [1.82, 2.24) is 10.2 Å². The van der Waals surface area contributed by atoms with Gasteiger partial charge in [0.15, 0.2) is 0 Å². The highest BCUT2D eigenvalue weighted by molar-refractivity contribution is 7.99. The summed E-state index contributed by atoms with van der Waals surface area (Å²) in [7, 11) is 1.63. The number of amides is 2. The minimum Gasteiger partial charge on any atom is -0.497 e. The predicted molar refractivity (Wildman–Crippen MR) is 153 cm³/mol. The minimum atomic E-state index is -0.613. The van der Waals surface area contributed by atoms with Crippen LogP contribution >= 0.6 is 11.8 Å². The van der Waals surface area contributed by atoms with Gasteiger partial charge in [0.05, 0.1) is 12.9 Å². The summed E-state index contributed by atoms with van der Waals surface area (Å²) in [5.41, 5.74) is 4.34. The first-order valence-electron chi connectivity index (χ1n) is 12.9. The summed E-state index contributed by atoms with van der Waals surface area (Å²) in [5.74, 6) is 1.60. The maximum Gasteiger partial charge on any atom is 0.243 e. The van der Waals surface area contributed by atoms with Gasteiger partial charge >= 0.3 is 0 Å². The molecular weight excluding hydrogens is 480 g/mol. The Hall–Kier alpha value is -3.25. The van der Waals surface area contributed by atoms with Gasteiger partial charge in [-0.3, -0.25) is 9.59 Å². The van der Waals surface area contributed by atoms with Crippen molar-refractivity contribution in [2.75, 3.05) is 19.4 Å². The Labute approximate surface area is 225 Å². The Bertz CT molecular complexity index is 1140. The van der Waals surface area contributed by atoms with Crippen molar-refractivity contribution in [3.05, 3.63) is 101 Å². The van der Waals surface area contributed by atoms with Gasteiger partial charge in [-0.2, -0.15) is 0 Å². The van der Waals surface area contributed by atoms with Gasteiger partial charge in [0.2, 0.25) is 11.8 Å². The molecule has 0 saturated heterocycles. The van der Waals surface area contributed by atoms with Crippen LogP contribution in [0.2, 0.25) is 0 Å². The second-order valence-electron chi connectivity index (χ2n) is 9.21. The summed E-state index contributed by atoms with van der Waals surface area (Å²) in [6, 6.07) is 25.3. The second-order valence-corrected chi connectivity index (χ2v) is 10.2. The van der Waals surface area contributed by atoms with Gasteiger partial charge in [-0.15, -0.1) is 11.8 Å². The molecule has 0 aliphatic rings. The molecule has 0 aliphatic heterocycles. The first-order chi connectivity index (χ1) is 18.0. The number of carbonyl (C=O) groups is 2. The summed E-state index contributed by atoms with van der Waals surface area (Å²) in [6.07, 6.45) is 2.35. The highest BCUT2D eigenvalue weighted by Crippen LogP contribution is 2.21. The van der Waals surface area contributed by atoms with Crippen LogP contribution in [0.25, 0.3) is 0 Å². The maximum atomic E-state index is 13.7. The number of hydrogen-bond acceptors (Lipinski definition) is 4. The highest BCUT2D eigenvalue weighted by atomic mass is 32.2. The second kappa shape index (κ2) is 15.1. The van der Waals surface area contributed by atoms with E-state index in [1.807, 2.05) is 60.7 Å². The fourth-order valence-electron chi connectivity index (χ4n) is 4.17. The molecule has 1 atom stereocenters. The molecule has 0 bridgehead atoms. The molecule has 0 spiro atoms. The smallest absolute Gasteiger partial charge is 0.243 e. The van der Waals surface area contributed by atoms with Crippen LogP contribution in [0.3, 0.4) is 0 Å². The van der Waals surface area contributed by atoms with Crippen molar-refractivity contribution in [1.29, 1.82) is 0 Å². The van der Waals surface area contributed by atoms with E-state index in [9.17, 15) is 9.59 Å². The van der Waals surface area contributed by atoms with E-state index in [-0.39, 0.29) is 11.8 Å². The molecule has 196 valence electrons. The number of nitrogens with zero attached hydrogens (tertiary/aromatic N) is 1. The van der Waals surface area contributed by atoms with Crippen LogP contribution in [0, 0.1) is 6.92 Å². The lowest BCUT2D eigenvalue weighted by Crippen LogP contribution is -2.51. The highest BCUT2D eigenvalue weighted by Gasteiger charge is 2.30. The Kier molecular flexibility index (Phi) is 11.6. The maximum absolute atomic E-state index is 13.7. The molecule has 0 heterocycles. The number of thioether (sulfide) groups is 1. The van der Waals surface area contributed by atoms with Crippen LogP contribution in [0.4, 0.5) is 0 Å². The number of rotatable bonds is 14. The zero-order chi connectivity index (χ0) is 26.5. The van der Waals surface area contributed by atoms with Crippen molar-refractivity contribution >= 4 is 23.6 Å². The van der Waals surface area contributed by atoms with Gasteiger partial charge in [0.25, 0.3) is 0 Å². The molecule has 3 aromatic carbocycles. The number of unbranched alkanes of at least 4 members (excludes halogenated alkanes) is 1. The third-order valence-corrected chi connectivity index (χ3v) is 7.15. The van der Waals surface area contributed by atoms with E-state index >= 15 is 0 Å². The topological polar surface area (TPSA) is 58.6 Å². The van der Waals surface area contributed by atoms with Gasteiger partial charge in [-0.25, -0.2) is 0 Å². The summed E-state index contributed by atoms with van der Waals surface area (Å²) >= 11 is 1.58. The van der Waals surface area contributed by atoms with E-state index in [0.29, 0.717) is 25.3 Å². The van der Waals surface area contributed by atoms with Crippen molar-refractivity contribution in [3.63, 3.8) is 0 Å². The number of ether oxygens (including phenoxy) is 1. The molecule has 6 heteroatoms. The van der Waals surface area contributed by atoms with E-state index in [1.54, 1.807) is 23.8 Å². The van der Waals surface area contributed by atoms with E-state index in [0.717, 1.165) is 35.5 Å². The van der Waals surface area contributed by atoms with Crippen molar-refractivity contribution in [3.8, 4) is 5.75 Å². The Morgan fingerprint density at radius 1 is 0.946 bits per heavy atom. The number of hydrogen-bond donors (Lipinski definition) is 1. The molecule has 5 nitrogen and oxygen atoms in total. The summed E-state index contributed by atoms with van der Waals surface area (Å²) in [4.78, 5) is 28.9. The molecular formula is C31H38N2O3S. The van der Waals surface area contributed by atoms with Crippen LogP contribution in [0.15, 0.2) is 78.9 Å². The molecule has 3 aromatic rings.